The highest BCUT2D eigenvalue weighted by Crippen LogP contribution is 2.15. The molecule has 0 aromatic carbocycles. The fourth-order valence-electron chi connectivity index (χ4n) is 3.56. The van der Waals surface area contributed by atoms with Crippen LogP contribution in [0.5, 0.6) is 0 Å². The molecule has 0 amide bonds. The first kappa shape index (κ1) is 29.8. The quantitative estimate of drug-likeness (QED) is 0.187. The molecule has 0 saturated heterocycles. The van der Waals surface area contributed by atoms with Crippen LogP contribution in [0, 0.1) is 29.6 Å². The van der Waals surface area contributed by atoms with E-state index in [1.807, 2.05) is 14.1 Å². The van der Waals surface area contributed by atoms with Crippen LogP contribution in [0.25, 0.3) is 0 Å². The molecule has 30 heavy (non-hydrogen) atoms. The maximum atomic E-state index is 4.49. The van der Waals surface area contributed by atoms with Crippen molar-refractivity contribution in [3.63, 3.8) is 0 Å². The van der Waals surface area contributed by atoms with E-state index >= 15 is 0 Å². The van der Waals surface area contributed by atoms with E-state index in [2.05, 4.69) is 87.3 Å². The second kappa shape index (κ2) is 14.8. The Kier molecular flexibility index (Phi) is 14.6. The lowest BCUT2D eigenvalue weighted by Gasteiger charge is -2.38. The second-order valence-electron chi connectivity index (χ2n) is 11.4. The van der Waals surface area contributed by atoms with E-state index in [0.29, 0.717) is 11.8 Å². The summed E-state index contributed by atoms with van der Waals surface area (Å²) in [5.41, 5.74) is 0.303. The molecule has 0 aliphatic carbocycles. The monoisotopic (exact) mass is 427 g/mol. The van der Waals surface area contributed by atoms with Gasteiger partial charge in [-0.25, -0.2) is 0 Å². The summed E-state index contributed by atoms with van der Waals surface area (Å²) in [7, 11) is 4.04. The first-order valence-electron chi connectivity index (χ1n) is 11.9. The standard InChI is InChI=1S/C24H55N6/c1-20(2)11-27-16-23(7,14-25-9)17-28-12-21(3)13-29-18-24(8,15-26-10)19-30-22(4,5)6/h20-21,25-30H,7,11-19H2,1-6,8-10H3/q-1. The van der Waals surface area contributed by atoms with Gasteiger partial charge in [0.1, 0.15) is 0 Å². The molecule has 0 aliphatic heterocycles. The molecule has 6 heteroatoms. The zero-order valence-corrected chi connectivity index (χ0v) is 21.7. The van der Waals surface area contributed by atoms with E-state index in [1.54, 1.807) is 0 Å². The third kappa shape index (κ3) is 15.5. The molecular weight excluding hydrogens is 372 g/mol. The summed E-state index contributed by atoms with van der Waals surface area (Å²) in [4.78, 5) is 0. The largest absolute Gasteiger partial charge is 0.334 e. The summed E-state index contributed by atoms with van der Waals surface area (Å²) in [5, 5.41) is 21.3. The van der Waals surface area contributed by atoms with Gasteiger partial charge in [-0.1, -0.05) is 27.7 Å². The van der Waals surface area contributed by atoms with Crippen molar-refractivity contribution in [2.45, 2.75) is 54.0 Å². The van der Waals surface area contributed by atoms with E-state index in [4.69, 9.17) is 0 Å². The molecule has 0 aromatic rings. The van der Waals surface area contributed by atoms with Gasteiger partial charge in [0, 0.05) is 30.6 Å². The molecule has 0 saturated carbocycles. The Labute approximate surface area is 188 Å². The smallest absolute Gasteiger partial charge is 0.00967 e. The molecule has 6 N–H and O–H groups in total. The van der Waals surface area contributed by atoms with Crippen molar-refractivity contribution in [2.75, 3.05) is 73.0 Å². The van der Waals surface area contributed by atoms with Crippen molar-refractivity contribution in [2.24, 2.45) is 22.7 Å². The van der Waals surface area contributed by atoms with Crippen LogP contribution < -0.4 is 31.9 Å². The summed E-state index contributed by atoms with van der Waals surface area (Å²) in [6.45, 7) is 29.1. The Morgan fingerprint density at radius 1 is 0.667 bits per heavy atom. The van der Waals surface area contributed by atoms with E-state index in [-0.39, 0.29) is 16.4 Å². The van der Waals surface area contributed by atoms with Gasteiger partial charge in [0.05, 0.1) is 0 Å². The van der Waals surface area contributed by atoms with Gasteiger partial charge in [0.15, 0.2) is 0 Å². The average molecular weight is 428 g/mol. The van der Waals surface area contributed by atoms with Crippen LogP contribution >= 0.6 is 0 Å². The van der Waals surface area contributed by atoms with Crippen LogP contribution in [0.15, 0.2) is 0 Å². The van der Waals surface area contributed by atoms with Crippen molar-refractivity contribution >= 4 is 0 Å². The lowest BCUT2D eigenvalue weighted by Crippen LogP contribution is -2.51. The average Bonchev–Trinajstić information content (AvgIpc) is 2.59. The van der Waals surface area contributed by atoms with Crippen molar-refractivity contribution in [1.29, 1.82) is 0 Å². The molecule has 0 aromatic heterocycles. The highest BCUT2D eigenvalue weighted by atomic mass is 15.0. The molecule has 6 nitrogen and oxygen atoms in total. The maximum Gasteiger partial charge on any atom is 0.00967 e. The zero-order chi connectivity index (χ0) is 23.3. The molecule has 0 fully saturated rings. The van der Waals surface area contributed by atoms with Crippen molar-refractivity contribution in [3.05, 3.63) is 6.92 Å². The van der Waals surface area contributed by atoms with E-state index in [0.717, 1.165) is 58.9 Å². The molecule has 3 unspecified atom stereocenters. The summed E-state index contributed by atoms with van der Waals surface area (Å²) in [5.74, 6) is 1.23. The summed E-state index contributed by atoms with van der Waals surface area (Å²) < 4.78 is 0. The third-order valence-electron chi connectivity index (χ3n) is 5.29. The van der Waals surface area contributed by atoms with E-state index in [9.17, 15) is 0 Å². The molecular formula is C24H55N6-. The van der Waals surface area contributed by atoms with Crippen LogP contribution in [0.2, 0.25) is 0 Å². The van der Waals surface area contributed by atoms with E-state index in [1.165, 1.54) is 0 Å². The molecule has 0 aliphatic rings. The highest BCUT2D eigenvalue weighted by molar-refractivity contribution is 4.89. The van der Waals surface area contributed by atoms with Crippen molar-refractivity contribution in [3.8, 4) is 0 Å². The number of rotatable bonds is 18. The minimum absolute atomic E-state index is 0.0270. The van der Waals surface area contributed by atoms with Gasteiger partial charge in [0.25, 0.3) is 0 Å². The minimum Gasteiger partial charge on any atom is -0.334 e. The van der Waals surface area contributed by atoms with Gasteiger partial charge >= 0.3 is 0 Å². The molecule has 0 heterocycles. The lowest BCUT2D eigenvalue weighted by molar-refractivity contribution is 0.245. The van der Waals surface area contributed by atoms with Crippen molar-refractivity contribution < 1.29 is 0 Å². The predicted octanol–water partition coefficient (Wildman–Crippen LogP) is 1.70. The van der Waals surface area contributed by atoms with Crippen LogP contribution in [-0.4, -0.2) is 78.5 Å². The number of nitrogens with one attached hydrogen (secondary N) is 6. The third-order valence-corrected chi connectivity index (χ3v) is 5.29. The van der Waals surface area contributed by atoms with Gasteiger partial charge in [0.2, 0.25) is 0 Å². The molecule has 0 rings (SSSR count). The van der Waals surface area contributed by atoms with Crippen LogP contribution in [0.3, 0.4) is 0 Å². The highest BCUT2D eigenvalue weighted by Gasteiger charge is 2.25. The fourth-order valence-corrected chi connectivity index (χ4v) is 3.56. The Morgan fingerprint density at radius 3 is 1.63 bits per heavy atom. The minimum atomic E-state index is -0.0270. The topological polar surface area (TPSA) is 72.2 Å². The second-order valence-corrected chi connectivity index (χ2v) is 11.4. The van der Waals surface area contributed by atoms with Gasteiger partial charge in [-0.3, -0.25) is 0 Å². The van der Waals surface area contributed by atoms with Gasteiger partial charge in [-0.2, -0.15) is 0 Å². The predicted molar refractivity (Wildman–Crippen MR) is 134 cm³/mol. The summed E-state index contributed by atoms with van der Waals surface area (Å²) >= 11 is 0. The summed E-state index contributed by atoms with van der Waals surface area (Å²) in [6, 6.07) is 0. The first-order valence-corrected chi connectivity index (χ1v) is 11.9. The normalized spacial score (nSPS) is 17.7. The lowest BCUT2D eigenvalue weighted by atomic mass is 9.88. The fraction of sp³-hybridized carbons (Fsp3) is 0.958. The van der Waals surface area contributed by atoms with Gasteiger partial charge < -0.3 is 38.8 Å². The van der Waals surface area contributed by atoms with Crippen LogP contribution in [0.4, 0.5) is 0 Å². The van der Waals surface area contributed by atoms with Crippen LogP contribution in [0.1, 0.15) is 48.5 Å². The molecule has 0 radical (unpaired) electrons. The number of hydrogen-bond acceptors (Lipinski definition) is 6. The Hall–Kier alpha value is -0.240. The Morgan fingerprint density at radius 2 is 1.17 bits per heavy atom. The molecule has 0 bridgehead atoms. The molecule has 0 spiro atoms. The SMILES string of the molecule is [CH2-]C(CNC)(CNCC(C)C)CNCC(C)CNCC(C)(CNC)CNC(C)(C)C. The molecule has 3 atom stereocenters. The summed E-state index contributed by atoms with van der Waals surface area (Å²) in [6.07, 6.45) is 0. The van der Waals surface area contributed by atoms with Gasteiger partial charge in [-0.15, -0.1) is 5.41 Å². The molecule has 182 valence electrons. The Balaban J connectivity index is 4.32. The van der Waals surface area contributed by atoms with Crippen molar-refractivity contribution in [1.82, 2.24) is 31.9 Å². The van der Waals surface area contributed by atoms with Gasteiger partial charge in [-0.05, 0) is 86.0 Å². The zero-order valence-electron chi connectivity index (χ0n) is 21.7. The maximum absolute atomic E-state index is 4.49. The Bertz CT molecular complexity index is 422. The number of hydrogen-bond donors (Lipinski definition) is 6. The first-order chi connectivity index (χ1) is 13.8. The van der Waals surface area contributed by atoms with E-state index < -0.39 is 0 Å². The van der Waals surface area contributed by atoms with Crippen LogP contribution in [-0.2, 0) is 0 Å².